The number of hydrogen-bond acceptors (Lipinski definition) is 4. The first-order valence-corrected chi connectivity index (χ1v) is 6.27. The van der Waals surface area contributed by atoms with Crippen molar-refractivity contribution in [3.63, 3.8) is 0 Å². The lowest BCUT2D eigenvalue weighted by Crippen LogP contribution is -2.46. The summed E-state index contributed by atoms with van der Waals surface area (Å²) < 4.78 is 7.37. The molecule has 0 saturated carbocycles. The van der Waals surface area contributed by atoms with Gasteiger partial charge in [-0.1, -0.05) is 6.92 Å². The van der Waals surface area contributed by atoms with Gasteiger partial charge in [-0.2, -0.15) is 5.10 Å². The summed E-state index contributed by atoms with van der Waals surface area (Å²) in [6.45, 7) is 5.99. The Balaban J connectivity index is 1.76. The summed E-state index contributed by atoms with van der Waals surface area (Å²) in [6, 6.07) is 1.87. The highest BCUT2D eigenvalue weighted by molar-refractivity contribution is 4.79. The molecule has 1 aliphatic heterocycles. The molecule has 1 aromatic heterocycles. The molecule has 0 amide bonds. The van der Waals surface area contributed by atoms with Gasteiger partial charge in [0.1, 0.15) is 0 Å². The number of ether oxygens (including phenoxy) is 1. The van der Waals surface area contributed by atoms with Gasteiger partial charge in [0.15, 0.2) is 0 Å². The molecule has 0 aromatic carbocycles. The quantitative estimate of drug-likeness (QED) is 0.806. The number of rotatable bonds is 5. The van der Waals surface area contributed by atoms with Crippen LogP contribution in [0.2, 0.25) is 0 Å². The zero-order valence-corrected chi connectivity index (χ0v) is 10.3. The third-order valence-electron chi connectivity index (χ3n) is 3.10. The molecule has 2 atom stereocenters. The summed E-state index contributed by atoms with van der Waals surface area (Å²) in [5.74, 6) is 0. The van der Waals surface area contributed by atoms with Crippen LogP contribution in [0.25, 0.3) is 0 Å². The summed E-state index contributed by atoms with van der Waals surface area (Å²) in [5, 5.41) is 14.1. The highest BCUT2D eigenvalue weighted by atomic mass is 16.5. The molecule has 0 spiro atoms. The summed E-state index contributed by atoms with van der Waals surface area (Å²) in [7, 11) is 0. The summed E-state index contributed by atoms with van der Waals surface area (Å²) >= 11 is 0. The predicted molar refractivity (Wildman–Crippen MR) is 64.7 cm³/mol. The van der Waals surface area contributed by atoms with Gasteiger partial charge in [0, 0.05) is 32.0 Å². The standard InChI is InChI=1S/C12H21N3O2/c1-2-12-10-14(6-7-17-12)8-11(16)9-15-5-3-4-13-15/h3-5,11-12,16H,2,6-10H2,1H3/t11-,12+/m1/s1. The zero-order chi connectivity index (χ0) is 12.1. The van der Waals surface area contributed by atoms with Gasteiger partial charge >= 0.3 is 0 Å². The second kappa shape index (κ2) is 6.14. The third kappa shape index (κ3) is 3.80. The van der Waals surface area contributed by atoms with Crippen molar-refractivity contribution in [2.45, 2.75) is 32.1 Å². The van der Waals surface area contributed by atoms with Crippen LogP contribution in [0, 0.1) is 0 Å². The third-order valence-corrected chi connectivity index (χ3v) is 3.10. The molecule has 5 heteroatoms. The van der Waals surface area contributed by atoms with Crippen molar-refractivity contribution in [3.05, 3.63) is 18.5 Å². The Morgan fingerprint density at radius 1 is 1.53 bits per heavy atom. The first-order chi connectivity index (χ1) is 8.28. The molecule has 1 N–H and O–H groups in total. The van der Waals surface area contributed by atoms with Crippen LogP contribution in [0.3, 0.4) is 0 Å². The fourth-order valence-corrected chi connectivity index (χ4v) is 2.17. The topological polar surface area (TPSA) is 50.5 Å². The zero-order valence-electron chi connectivity index (χ0n) is 10.3. The molecule has 1 aliphatic rings. The first-order valence-electron chi connectivity index (χ1n) is 6.27. The lowest BCUT2D eigenvalue weighted by molar-refractivity contribution is -0.0431. The molecule has 1 fully saturated rings. The second-order valence-corrected chi connectivity index (χ2v) is 4.54. The van der Waals surface area contributed by atoms with E-state index in [0.29, 0.717) is 19.2 Å². The number of aromatic nitrogens is 2. The van der Waals surface area contributed by atoms with Gasteiger partial charge < -0.3 is 9.84 Å². The largest absolute Gasteiger partial charge is 0.390 e. The fourth-order valence-electron chi connectivity index (χ4n) is 2.17. The Morgan fingerprint density at radius 2 is 2.41 bits per heavy atom. The van der Waals surface area contributed by atoms with Crippen molar-refractivity contribution in [2.75, 3.05) is 26.2 Å². The van der Waals surface area contributed by atoms with Crippen LogP contribution in [-0.4, -0.2) is 58.2 Å². The normalized spacial score (nSPS) is 23.8. The Bertz CT molecular complexity index is 316. The van der Waals surface area contributed by atoms with Gasteiger partial charge in [-0.15, -0.1) is 0 Å². The van der Waals surface area contributed by atoms with E-state index in [0.717, 1.165) is 26.1 Å². The summed E-state index contributed by atoms with van der Waals surface area (Å²) in [5.41, 5.74) is 0. The monoisotopic (exact) mass is 239 g/mol. The van der Waals surface area contributed by atoms with E-state index in [1.54, 1.807) is 10.9 Å². The van der Waals surface area contributed by atoms with Crippen LogP contribution >= 0.6 is 0 Å². The van der Waals surface area contributed by atoms with Gasteiger partial charge in [-0.3, -0.25) is 9.58 Å². The number of morpholine rings is 1. The average molecular weight is 239 g/mol. The van der Waals surface area contributed by atoms with Gasteiger partial charge in [-0.25, -0.2) is 0 Å². The molecule has 2 heterocycles. The molecule has 0 aliphatic carbocycles. The van der Waals surface area contributed by atoms with E-state index in [2.05, 4.69) is 16.9 Å². The number of hydrogen-bond donors (Lipinski definition) is 1. The molecule has 96 valence electrons. The highest BCUT2D eigenvalue weighted by Gasteiger charge is 2.21. The summed E-state index contributed by atoms with van der Waals surface area (Å²) in [4.78, 5) is 2.27. The number of aliphatic hydroxyl groups is 1. The van der Waals surface area contributed by atoms with E-state index in [4.69, 9.17) is 4.74 Å². The number of aliphatic hydroxyl groups excluding tert-OH is 1. The minimum absolute atomic E-state index is 0.320. The maximum absolute atomic E-state index is 9.99. The molecule has 0 radical (unpaired) electrons. The minimum atomic E-state index is -0.370. The van der Waals surface area contributed by atoms with Crippen molar-refractivity contribution in [3.8, 4) is 0 Å². The molecular formula is C12H21N3O2. The fraction of sp³-hybridized carbons (Fsp3) is 0.750. The van der Waals surface area contributed by atoms with Crippen LogP contribution in [0.5, 0.6) is 0 Å². The molecule has 1 saturated heterocycles. The Morgan fingerprint density at radius 3 is 3.12 bits per heavy atom. The molecule has 2 rings (SSSR count). The van der Waals surface area contributed by atoms with Gasteiger partial charge in [0.2, 0.25) is 0 Å². The van der Waals surface area contributed by atoms with Gasteiger partial charge in [0.25, 0.3) is 0 Å². The van der Waals surface area contributed by atoms with Gasteiger partial charge in [0.05, 0.1) is 25.4 Å². The van der Waals surface area contributed by atoms with E-state index in [-0.39, 0.29) is 6.10 Å². The molecule has 17 heavy (non-hydrogen) atoms. The second-order valence-electron chi connectivity index (χ2n) is 4.54. The molecule has 1 aromatic rings. The Hall–Kier alpha value is -0.910. The van der Waals surface area contributed by atoms with E-state index in [9.17, 15) is 5.11 Å². The smallest absolute Gasteiger partial charge is 0.0862 e. The van der Waals surface area contributed by atoms with Crippen LogP contribution in [0.15, 0.2) is 18.5 Å². The van der Waals surface area contributed by atoms with Crippen molar-refractivity contribution >= 4 is 0 Å². The molecule has 0 unspecified atom stereocenters. The lowest BCUT2D eigenvalue weighted by atomic mass is 10.2. The predicted octanol–water partition coefficient (Wildman–Crippen LogP) is 0.355. The first kappa shape index (κ1) is 12.5. The van der Waals surface area contributed by atoms with Crippen LogP contribution in [-0.2, 0) is 11.3 Å². The van der Waals surface area contributed by atoms with Crippen molar-refractivity contribution in [1.82, 2.24) is 14.7 Å². The molecule has 5 nitrogen and oxygen atoms in total. The van der Waals surface area contributed by atoms with Crippen molar-refractivity contribution in [1.29, 1.82) is 0 Å². The van der Waals surface area contributed by atoms with Crippen LogP contribution < -0.4 is 0 Å². The van der Waals surface area contributed by atoms with E-state index < -0.39 is 0 Å². The molecular weight excluding hydrogens is 218 g/mol. The van der Waals surface area contributed by atoms with E-state index in [1.807, 2.05) is 12.3 Å². The van der Waals surface area contributed by atoms with E-state index >= 15 is 0 Å². The maximum Gasteiger partial charge on any atom is 0.0862 e. The number of β-amino-alcohol motifs (C(OH)–C–C–N with tert-alkyl or cyclic N) is 1. The lowest BCUT2D eigenvalue weighted by Gasteiger charge is -2.33. The van der Waals surface area contributed by atoms with Gasteiger partial charge in [-0.05, 0) is 12.5 Å². The highest BCUT2D eigenvalue weighted by Crippen LogP contribution is 2.08. The Labute approximate surface area is 102 Å². The van der Waals surface area contributed by atoms with Crippen molar-refractivity contribution in [2.24, 2.45) is 0 Å². The van der Waals surface area contributed by atoms with E-state index in [1.165, 1.54) is 0 Å². The van der Waals surface area contributed by atoms with Crippen LogP contribution in [0.1, 0.15) is 13.3 Å². The minimum Gasteiger partial charge on any atom is -0.390 e. The SMILES string of the molecule is CC[C@H]1CN(C[C@@H](O)Cn2cccn2)CCO1. The van der Waals surface area contributed by atoms with Crippen molar-refractivity contribution < 1.29 is 9.84 Å². The Kier molecular flexibility index (Phi) is 4.53. The van der Waals surface area contributed by atoms with Crippen LogP contribution in [0.4, 0.5) is 0 Å². The maximum atomic E-state index is 9.99. The number of nitrogens with zero attached hydrogens (tertiary/aromatic N) is 3. The summed E-state index contributed by atoms with van der Waals surface area (Å²) in [6.07, 6.45) is 4.59. The molecule has 0 bridgehead atoms. The average Bonchev–Trinajstić information content (AvgIpc) is 2.82.